The summed E-state index contributed by atoms with van der Waals surface area (Å²) in [6, 6.07) is 0. The van der Waals surface area contributed by atoms with Crippen molar-refractivity contribution < 1.29 is 29.9 Å². The topological polar surface area (TPSA) is 99.4 Å². The third-order valence-corrected chi connectivity index (χ3v) is 3.52. The molecule has 0 amide bonds. The second kappa shape index (κ2) is 8.14. The van der Waals surface area contributed by atoms with Gasteiger partial charge in [0.1, 0.15) is 24.4 Å². The predicted molar refractivity (Wildman–Crippen MR) is 68.4 cm³/mol. The van der Waals surface area contributed by atoms with Gasteiger partial charge in [0.05, 0.1) is 13.2 Å². The quantitative estimate of drug-likeness (QED) is 0.507. The molecule has 1 heterocycles. The minimum Gasteiger partial charge on any atom is -0.394 e. The smallest absolute Gasteiger partial charge is 0.186 e. The molecule has 0 saturated carbocycles. The summed E-state index contributed by atoms with van der Waals surface area (Å²) < 4.78 is 10.6. The summed E-state index contributed by atoms with van der Waals surface area (Å²) in [5, 5.41) is 38.0. The average Bonchev–Trinajstić information content (AvgIpc) is 2.39. The molecule has 6 nitrogen and oxygen atoms in total. The van der Waals surface area contributed by atoms with Crippen LogP contribution in [0.3, 0.4) is 0 Å². The fourth-order valence-electron chi connectivity index (χ4n) is 2.23. The van der Waals surface area contributed by atoms with E-state index in [2.05, 4.69) is 13.8 Å². The molecule has 1 fully saturated rings. The number of ether oxygens (including phenoxy) is 2. The summed E-state index contributed by atoms with van der Waals surface area (Å²) >= 11 is 0. The van der Waals surface area contributed by atoms with Crippen LogP contribution in [0.2, 0.25) is 0 Å². The first kappa shape index (κ1) is 16.8. The van der Waals surface area contributed by atoms with Gasteiger partial charge in [-0.25, -0.2) is 0 Å². The van der Waals surface area contributed by atoms with Gasteiger partial charge in [-0.2, -0.15) is 0 Å². The van der Waals surface area contributed by atoms with Gasteiger partial charge in [-0.15, -0.1) is 0 Å². The molecule has 114 valence electrons. The van der Waals surface area contributed by atoms with Crippen molar-refractivity contribution in [2.45, 2.75) is 63.8 Å². The lowest BCUT2D eigenvalue weighted by atomic mass is 9.99. The third kappa shape index (κ3) is 4.66. The van der Waals surface area contributed by atoms with Gasteiger partial charge in [-0.05, 0) is 12.3 Å². The highest BCUT2D eigenvalue weighted by molar-refractivity contribution is 4.88. The van der Waals surface area contributed by atoms with Crippen LogP contribution in [0, 0.1) is 5.92 Å². The maximum atomic E-state index is 9.75. The second-order valence-electron chi connectivity index (χ2n) is 5.25. The predicted octanol–water partition coefficient (Wildman–Crippen LogP) is -0.371. The van der Waals surface area contributed by atoms with Gasteiger partial charge in [0.25, 0.3) is 0 Å². The van der Waals surface area contributed by atoms with E-state index in [4.69, 9.17) is 14.6 Å². The van der Waals surface area contributed by atoms with Crippen molar-refractivity contribution in [3.63, 3.8) is 0 Å². The van der Waals surface area contributed by atoms with E-state index in [-0.39, 0.29) is 0 Å². The summed E-state index contributed by atoms with van der Waals surface area (Å²) in [6.45, 7) is 4.22. The number of hydrogen-bond acceptors (Lipinski definition) is 6. The van der Waals surface area contributed by atoms with Crippen LogP contribution in [0.5, 0.6) is 0 Å². The maximum absolute atomic E-state index is 9.75. The fourth-order valence-corrected chi connectivity index (χ4v) is 2.23. The lowest BCUT2D eigenvalue weighted by Crippen LogP contribution is -2.59. The van der Waals surface area contributed by atoms with E-state index >= 15 is 0 Å². The Kier molecular flexibility index (Phi) is 7.20. The minimum atomic E-state index is -1.37. The van der Waals surface area contributed by atoms with Gasteiger partial charge in [-0.3, -0.25) is 0 Å². The summed E-state index contributed by atoms with van der Waals surface area (Å²) in [4.78, 5) is 0. The molecule has 1 rings (SSSR count). The Hall–Kier alpha value is -0.240. The van der Waals surface area contributed by atoms with E-state index in [1.165, 1.54) is 0 Å². The third-order valence-electron chi connectivity index (χ3n) is 3.52. The van der Waals surface area contributed by atoms with Gasteiger partial charge in [0, 0.05) is 0 Å². The molecular formula is C13H26O6. The van der Waals surface area contributed by atoms with Crippen molar-refractivity contribution in [2.75, 3.05) is 13.2 Å². The van der Waals surface area contributed by atoms with E-state index in [1.807, 2.05) is 0 Å². The molecule has 4 N–H and O–H groups in total. The largest absolute Gasteiger partial charge is 0.394 e. The first-order valence-electron chi connectivity index (χ1n) is 6.93. The van der Waals surface area contributed by atoms with Crippen molar-refractivity contribution in [1.82, 2.24) is 0 Å². The Morgan fingerprint density at radius 1 is 1.11 bits per heavy atom. The number of hydrogen-bond donors (Lipinski definition) is 4. The second-order valence-corrected chi connectivity index (χ2v) is 5.25. The molecule has 1 unspecified atom stereocenters. The van der Waals surface area contributed by atoms with Crippen LogP contribution >= 0.6 is 0 Å². The molecule has 1 saturated heterocycles. The lowest BCUT2D eigenvalue weighted by molar-refractivity contribution is -0.301. The minimum absolute atomic E-state index is 0.407. The summed E-state index contributed by atoms with van der Waals surface area (Å²) in [7, 11) is 0. The standard InChI is InChI=1S/C13H26O6/c1-3-4-8(2)5-6-18-13-12(17)11(16)10(15)9(7-14)19-13/h8-17H,3-7H2,1-2H3/t8?,9-,10+,11+,12-,13-/m1/s1. The first-order chi connectivity index (χ1) is 9.01. The SMILES string of the molecule is CCCC(C)CCO[C@@H]1O[C@H](CO)[C@H](O)[C@H](O)[C@H]1O. The van der Waals surface area contributed by atoms with E-state index in [1.54, 1.807) is 0 Å². The molecule has 0 aromatic carbocycles. The first-order valence-corrected chi connectivity index (χ1v) is 6.93. The van der Waals surface area contributed by atoms with Gasteiger partial charge in [-0.1, -0.05) is 26.7 Å². The van der Waals surface area contributed by atoms with Crippen LogP contribution in [-0.4, -0.2) is 64.3 Å². The van der Waals surface area contributed by atoms with Crippen molar-refractivity contribution in [3.8, 4) is 0 Å². The van der Waals surface area contributed by atoms with Crippen LogP contribution in [0.15, 0.2) is 0 Å². The van der Waals surface area contributed by atoms with E-state index in [0.717, 1.165) is 19.3 Å². The Morgan fingerprint density at radius 3 is 2.37 bits per heavy atom. The highest BCUT2D eigenvalue weighted by atomic mass is 16.7. The number of rotatable bonds is 7. The monoisotopic (exact) mass is 278 g/mol. The molecule has 0 bridgehead atoms. The van der Waals surface area contributed by atoms with Gasteiger partial charge < -0.3 is 29.9 Å². The van der Waals surface area contributed by atoms with Crippen molar-refractivity contribution in [2.24, 2.45) is 5.92 Å². The Morgan fingerprint density at radius 2 is 1.79 bits per heavy atom. The molecule has 0 aromatic rings. The molecule has 1 aliphatic heterocycles. The van der Waals surface area contributed by atoms with Crippen LogP contribution in [0.25, 0.3) is 0 Å². The Labute approximate surface area is 114 Å². The van der Waals surface area contributed by atoms with Crippen LogP contribution < -0.4 is 0 Å². The number of aliphatic hydroxyl groups excluding tert-OH is 4. The van der Waals surface area contributed by atoms with Crippen LogP contribution in [0.4, 0.5) is 0 Å². The maximum Gasteiger partial charge on any atom is 0.186 e. The zero-order valence-electron chi connectivity index (χ0n) is 11.6. The molecule has 19 heavy (non-hydrogen) atoms. The molecule has 0 aliphatic carbocycles. The normalized spacial score (nSPS) is 37.3. The average molecular weight is 278 g/mol. The summed E-state index contributed by atoms with van der Waals surface area (Å²) in [5.41, 5.74) is 0. The van der Waals surface area contributed by atoms with Gasteiger partial charge in [0.2, 0.25) is 0 Å². The van der Waals surface area contributed by atoms with Crippen LogP contribution in [0.1, 0.15) is 33.1 Å². The van der Waals surface area contributed by atoms with Crippen molar-refractivity contribution in [1.29, 1.82) is 0 Å². The molecule has 0 radical (unpaired) electrons. The summed E-state index contributed by atoms with van der Waals surface area (Å²) in [5.74, 6) is 0.523. The van der Waals surface area contributed by atoms with E-state index in [9.17, 15) is 15.3 Å². The van der Waals surface area contributed by atoms with Crippen molar-refractivity contribution in [3.05, 3.63) is 0 Å². The van der Waals surface area contributed by atoms with Crippen molar-refractivity contribution >= 4 is 0 Å². The van der Waals surface area contributed by atoms with Gasteiger partial charge in [0.15, 0.2) is 6.29 Å². The molecule has 6 heteroatoms. The molecule has 1 aliphatic rings. The Bertz CT molecular complexity index is 247. The van der Waals surface area contributed by atoms with E-state index < -0.39 is 37.3 Å². The zero-order valence-corrected chi connectivity index (χ0v) is 11.6. The summed E-state index contributed by atoms with van der Waals surface area (Å²) in [6.07, 6.45) is -2.87. The van der Waals surface area contributed by atoms with E-state index in [0.29, 0.717) is 12.5 Å². The molecule has 0 aromatic heterocycles. The zero-order chi connectivity index (χ0) is 14.4. The van der Waals surface area contributed by atoms with Crippen LogP contribution in [-0.2, 0) is 9.47 Å². The number of aliphatic hydroxyl groups is 4. The van der Waals surface area contributed by atoms with Gasteiger partial charge >= 0.3 is 0 Å². The Balaban J connectivity index is 2.39. The molecule has 6 atom stereocenters. The molecular weight excluding hydrogens is 252 g/mol. The fraction of sp³-hybridized carbons (Fsp3) is 1.00. The highest BCUT2D eigenvalue weighted by Gasteiger charge is 2.43. The highest BCUT2D eigenvalue weighted by Crippen LogP contribution is 2.22. The molecule has 0 spiro atoms. The lowest BCUT2D eigenvalue weighted by Gasteiger charge is -2.39.